The average Bonchev–Trinajstić information content (AvgIpc) is 3.06. The molecule has 8 heteroatoms. The van der Waals surface area contributed by atoms with Crippen LogP contribution in [-0.2, 0) is 11.2 Å². The second-order valence-electron chi connectivity index (χ2n) is 4.66. The molecule has 0 aliphatic heterocycles. The summed E-state index contributed by atoms with van der Waals surface area (Å²) < 4.78 is 15.4. The molecule has 23 heavy (non-hydrogen) atoms. The fourth-order valence-electron chi connectivity index (χ4n) is 2.00. The van der Waals surface area contributed by atoms with Crippen LogP contribution in [-0.4, -0.2) is 25.4 Å². The second-order valence-corrected chi connectivity index (χ2v) is 5.06. The minimum atomic E-state index is -0.519. The summed E-state index contributed by atoms with van der Waals surface area (Å²) in [5, 5.41) is 2.81. The second kappa shape index (κ2) is 6.53. The van der Waals surface area contributed by atoms with Crippen molar-refractivity contribution in [2.75, 3.05) is 5.32 Å². The zero-order chi connectivity index (χ0) is 16.2. The van der Waals surface area contributed by atoms with E-state index < -0.39 is 11.7 Å². The van der Waals surface area contributed by atoms with Crippen LogP contribution in [0.15, 0.2) is 49.3 Å². The number of nitrogens with one attached hydrogen (secondary N) is 1. The van der Waals surface area contributed by atoms with Gasteiger partial charge in [-0.05, 0) is 12.1 Å². The van der Waals surface area contributed by atoms with Crippen molar-refractivity contribution in [2.24, 2.45) is 0 Å². The Kier molecular flexibility index (Phi) is 4.29. The zero-order valence-electron chi connectivity index (χ0n) is 11.8. The van der Waals surface area contributed by atoms with Gasteiger partial charge in [-0.25, -0.2) is 19.3 Å². The van der Waals surface area contributed by atoms with Gasteiger partial charge in [-0.15, -0.1) is 0 Å². The van der Waals surface area contributed by atoms with Crippen molar-refractivity contribution in [1.82, 2.24) is 19.5 Å². The summed E-state index contributed by atoms with van der Waals surface area (Å²) in [7, 11) is 0. The van der Waals surface area contributed by atoms with Crippen LogP contribution in [0.25, 0.3) is 5.82 Å². The van der Waals surface area contributed by atoms with Gasteiger partial charge in [-0.3, -0.25) is 9.36 Å². The molecule has 0 fully saturated rings. The lowest BCUT2D eigenvalue weighted by Crippen LogP contribution is -2.16. The van der Waals surface area contributed by atoms with E-state index in [9.17, 15) is 9.18 Å². The summed E-state index contributed by atoms with van der Waals surface area (Å²) in [6.45, 7) is 0. The number of nitrogens with zero attached hydrogens (tertiary/aromatic N) is 4. The van der Waals surface area contributed by atoms with Crippen LogP contribution in [0.4, 0.5) is 10.2 Å². The van der Waals surface area contributed by atoms with E-state index in [0.29, 0.717) is 11.6 Å². The van der Waals surface area contributed by atoms with Crippen LogP contribution in [0.3, 0.4) is 0 Å². The molecular formula is C15H11ClFN5O. The number of benzene rings is 1. The number of hydrogen-bond donors (Lipinski definition) is 1. The maximum absolute atomic E-state index is 13.7. The van der Waals surface area contributed by atoms with Crippen LogP contribution in [0.5, 0.6) is 0 Å². The van der Waals surface area contributed by atoms with Gasteiger partial charge in [0.1, 0.15) is 30.1 Å². The van der Waals surface area contributed by atoms with E-state index in [1.165, 1.54) is 24.5 Å². The topological polar surface area (TPSA) is 72.7 Å². The Labute approximate surface area is 136 Å². The molecule has 116 valence electrons. The third kappa shape index (κ3) is 3.51. The lowest BCUT2D eigenvalue weighted by Gasteiger charge is -2.08. The van der Waals surface area contributed by atoms with Crippen molar-refractivity contribution in [1.29, 1.82) is 0 Å². The van der Waals surface area contributed by atoms with E-state index in [-0.39, 0.29) is 17.0 Å². The van der Waals surface area contributed by atoms with Gasteiger partial charge in [-0.1, -0.05) is 17.7 Å². The molecule has 0 unspecified atom stereocenters. The number of imidazole rings is 1. The lowest BCUT2D eigenvalue weighted by atomic mass is 10.1. The minimum absolute atomic E-state index is 0.149. The van der Waals surface area contributed by atoms with Crippen LogP contribution >= 0.6 is 11.6 Å². The summed E-state index contributed by atoms with van der Waals surface area (Å²) in [6, 6.07) is 5.87. The molecule has 6 nitrogen and oxygen atoms in total. The minimum Gasteiger partial charge on any atom is -0.310 e. The number of rotatable bonds is 4. The van der Waals surface area contributed by atoms with Crippen molar-refractivity contribution in [3.8, 4) is 5.82 Å². The Morgan fingerprint density at radius 3 is 2.96 bits per heavy atom. The van der Waals surface area contributed by atoms with E-state index in [2.05, 4.69) is 20.3 Å². The number of anilines is 1. The van der Waals surface area contributed by atoms with Gasteiger partial charge in [0.05, 0.1) is 6.42 Å². The number of amides is 1. The standard InChI is InChI=1S/C15H11ClFN5O/c16-11-2-1-3-12(17)10(11)6-15(23)21-13-7-14(20-8-19-13)22-5-4-18-9-22/h1-5,7-9H,6H2,(H,19,20,21,23). The molecule has 0 saturated heterocycles. The van der Waals surface area contributed by atoms with Gasteiger partial charge >= 0.3 is 0 Å². The molecule has 3 rings (SSSR count). The molecule has 0 aliphatic carbocycles. The summed E-state index contributed by atoms with van der Waals surface area (Å²) in [4.78, 5) is 24.0. The Morgan fingerprint density at radius 2 is 2.22 bits per heavy atom. The fourth-order valence-corrected chi connectivity index (χ4v) is 2.23. The summed E-state index contributed by atoms with van der Waals surface area (Å²) in [6.07, 6.45) is 6.04. The highest BCUT2D eigenvalue weighted by atomic mass is 35.5. The van der Waals surface area contributed by atoms with E-state index in [1.54, 1.807) is 29.4 Å². The molecule has 0 atom stereocenters. The third-order valence-electron chi connectivity index (χ3n) is 3.09. The molecule has 0 aliphatic rings. The predicted octanol–water partition coefficient (Wildman–Crippen LogP) is 2.64. The fraction of sp³-hybridized carbons (Fsp3) is 0.0667. The lowest BCUT2D eigenvalue weighted by molar-refractivity contribution is -0.115. The van der Waals surface area contributed by atoms with E-state index >= 15 is 0 Å². The Bertz CT molecular complexity index is 817. The number of halogens is 2. The first-order chi connectivity index (χ1) is 11.1. The van der Waals surface area contributed by atoms with Crippen molar-refractivity contribution in [2.45, 2.75) is 6.42 Å². The van der Waals surface area contributed by atoms with Crippen LogP contribution in [0, 0.1) is 5.82 Å². The Hall–Kier alpha value is -2.80. The van der Waals surface area contributed by atoms with Gasteiger partial charge in [0, 0.05) is 29.0 Å². The molecule has 1 aromatic carbocycles. The smallest absolute Gasteiger partial charge is 0.230 e. The molecule has 2 heterocycles. The molecule has 1 amide bonds. The number of carbonyl (C=O) groups is 1. The quantitative estimate of drug-likeness (QED) is 0.797. The highest BCUT2D eigenvalue weighted by molar-refractivity contribution is 6.31. The van der Waals surface area contributed by atoms with Crippen molar-refractivity contribution in [3.63, 3.8) is 0 Å². The van der Waals surface area contributed by atoms with Gasteiger partial charge < -0.3 is 5.32 Å². The third-order valence-corrected chi connectivity index (χ3v) is 3.44. The maximum atomic E-state index is 13.7. The molecule has 1 N–H and O–H groups in total. The van der Waals surface area contributed by atoms with E-state index in [4.69, 9.17) is 11.6 Å². The van der Waals surface area contributed by atoms with Gasteiger partial charge in [0.15, 0.2) is 0 Å². The van der Waals surface area contributed by atoms with E-state index in [0.717, 1.165) is 0 Å². The normalized spacial score (nSPS) is 10.5. The summed E-state index contributed by atoms with van der Waals surface area (Å²) in [5.74, 6) is -0.0837. The molecule has 0 saturated carbocycles. The Balaban J connectivity index is 1.75. The SMILES string of the molecule is O=C(Cc1c(F)cccc1Cl)Nc1cc(-n2ccnc2)ncn1. The van der Waals surface area contributed by atoms with Crippen LogP contribution in [0.2, 0.25) is 5.02 Å². The summed E-state index contributed by atoms with van der Waals surface area (Å²) >= 11 is 5.91. The largest absolute Gasteiger partial charge is 0.310 e. The molecule has 0 bridgehead atoms. The molecular weight excluding hydrogens is 321 g/mol. The maximum Gasteiger partial charge on any atom is 0.230 e. The average molecular weight is 332 g/mol. The predicted molar refractivity (Wildman–Crippen MR) is 82.9 cm³/mol. The molecule has 0 radical (unpaired) electrons. The van der Waals surface area contributed by atoms with Crippen LogP contribution < -0.4 is 5.32 Å². The first-order valence-corrected chi connectivity index (χ1v) is 7.04. The monoisotopic (exact) mass is 331 g/mol. The first-order valence-electron chi connectivity index (χ1n) is 6.66. The first kappa shape index (κ1) is 15.1. The van der Waals surface area contributed by atoms with Crippen molar-refractivity contribution >= 4 is 23.3 Å². The van der Waals surface area contributed by atoms with Gasteiger partial charge in [0.2, 0.25) is 5.91 Å². The summed E-state index contributed by atoms with van der Waals surface area (Å²) in [5.41, 5.74) is 0.149. The van der Waals surface area contributed by atoms with Crippen molar-refractivity contribution in [3.05, 3.63) is 65.7 Å². The zero-order valence-corrected chi connectivity index (χ0v) is 12.5. The number of hydrogen-bond acceptors (Lipinski definition) is 4. The highest BCUT2D eigenvalue weighted by Crippen LogP contribution is 2.20. The van der Waals surface area contributed by atoms with Crippen molar-refractivity contribution < 1.29 is 9.18 Å². The number of carbonyl (C=O) groups excluding carboxylic acids is 1. The molecule has 2 aromatic heterocycles. The molecule has 0 spiro atoms. The highest BCUT2D eigenvalue weighted by Gasteiger charge is 2.13. The van der Waals surface area contributed by atoms with Gasteiger partial charge in [-0.2, -0.15) is 0 Å². The molecule has 3 aromatic rings. The number of aromatic nitrogens is 4. The Morgan fingerprint density at radius 1 is 1.35 bits per heavy atom. The van der Waals surface area contributed by atoms with E-state index in [1.807, 2.05) is 0 Å². The van der Waals surface area contributed by atoms with Crippen LogP contribution in [0.1, 0.15) is 5.56 Å². The van der Waals surface area contributed by atoms with Gasteiger partial charge in [0.25, 0.3) is 0 Å².